The molecule has 2 heteroatoms. The van der Waals surface area contributed by atoms with E-state index in [0.29, 0.717) is 0 Å². The molecule has 1 aromatic rings. The maximum atomic E-state index is 5.16. The van der Waals surface area contributed by atoms with Crippen LogP contribution in [0.5, 0.6) is 5.75 Å². The van der Waals surface area contributed by atoms with Crippen molar-refractivity contribution >= 4 is 0 Å². The van der Waals surface area contributed by atoms with Crippen LogP contribution in [0.15, 0.2) is 24.3 Å². The monoisotopic (exact) mass is 220 g/mol. The Balaban J connectivity index is 1.79. The quantitative estimate of drug-likeness (QED) is 0.819. The Hall–Kier alpha value is -1.02. The van der Waals surface area contributed by atoms with Gasteiger partial charge in [-0.15, -0.1) is 0 Å². The van der Waals surface area contributed by atoms with Crippen LogP contribution in [0.3, 0.4) is 0 Å². The molecule has 1 saturated heterocycles. The molecule has 2 nitrogen and oxygen atoms in total. The van der Waals surface area contributed by atoms with Crippen LogP contribution in [-0.4, -0.2) is 20.2 Å². The summed E-state index contributed by atoms with van der Waals surface area (Å²) >= 11 is 0. The molecule has 1 aliphatic heterocycles. The van der Waals surface area contributed by atoms with Gasteiger partial charge in [-0.2, -0.15) is 0 Å². The number of methoxy groups -OCH3 is 1. The van der Waals surface area contributed by atoms with Crippen molar-refractivity contribution in [3.8, 4) is 5.75 Å². The average Bonchev–Trinajstić information content (AvgIpc) is 2.38. The number of benzene rings is 1. The van der Waals surface area contributed by atoms with Crippen LogP contribution < -0.4 is 10.1 Å². The zero-order chi connectivity index (χ0) is 11.2. The highest BCUT2D eigenvalue weighted by Gasteiger charge is 2.14. The molecule has 0 atom stereocenters. The summed E-state index contributed by atoms with van der Waals surface area (Å²) in [5.41, 5.74) is 1.44. The van der Waals surface area contributed by atoms with E-state index < -0.39 is 0 Å². The topological polar surface area (TPSA) is 25.8 Å². The summed E-state index contributed by atoms with van der Waals surface area (Å²) in [6.45, 7) is 2.65. The number of piperidine rings is 1. The van der Waals surface area contributed by atoms with Gasteiger partial charge in [0.2, 0.25) is 0 Å². The minimum atomic E-state index is 0.951. The second-order valence-corrected chi connectivity index (χ2v) is 4.70. The lowest BCUT2D eigenvalue weighted by Gasteiger charge is -2.20. The largest absolute Gasteiger partial charge is 0.497 e. The summed E-state index contributed by atoms with van der Waals surface area (Å²) in [4.78, 5) is 0. The van der Waals surface area contributed by atoms with Crippen LogP contribution in [0, 0.1) is 5.92 Å². The molecule has 1 heterocycles. The predicted octanol–water partition coefficient (Wildman–Crippen LogP) is 1.60. The van der Waals surface area contributed by atoms with Crippen LogP contribution in [0.2, 0.25) is 0 Å². The summed E-state index contributed by atoms with van der Waals surface area (Å²) in [5.74, 6) is 1.91. The van der Waals surface area contributed by atoms with Gasteiger partial charge in [-0.25, -0.2) is 0 Å². The molecule has 0 spiro atoms. The summed E-state index contributed by atoms with van der Waals surface area (Å²) in [6, 6.07) is 8.50. The van der Waals surface area contributed by atoms with Gasteiger partial charge in [0, 0.05) is 0 Å². The SMILES string of the molecule is COc1ccc(CCC2CC[NH2+]CC2)cc1. The maximum Gasteiger partial charge on any atom is 0.118 e. The first-order valence-electron chi connectivity index (χ1n) is 6.33. The molecule has 1 aromatic carbocycles. The molecule has 2 rings (SSSR count). The van der Waals surface area contributed by atoms with Gasteiger partial charge in [0.05, 0.1) is 20.2 Å². The summed E-state index contributed by atoms with van der Waals surface area (Å²) in [5, 5.41) is 2.43. The van der Waals surface area contributed by atoms with E-state index in [1.807, 2.05) is 0 Å². The van der Waals surface area contributed by atoms with Gasteiger partial charge in [0.25, 0.3) is 0 Å². The van der Waals surface area contributed by atoms with E-state index in [0.717, 1.165) is 11.7 Å². The molecule has 16 heavy (non-hydrogen) atoms. The minimum Gasteiger partial charge on any atom is -0.497 e. The van der Waals surface area contributed by atoms with Crippen molar-refractivity contribution in [2.75, 3.05) is 20.2 Å². The normalized spacial score (nSPS) is 17.3. The lowest BCUT2D eigenvalue weighted by molar-refractivity contribution is -0.664. The molecule has 0 aromatic heterocycles. The predicted molar refractivity (Wildman–Crippen MR) is 65.7 cm³/mol. The van der Waals surface area contributed by atoms with Crippen molar-refractivity contribution in [3.63, 3.8) is 0 Å². The first-order valence-corrected chi connectivity index (χ1v) is 6.33. The highest BCUT2D eigenvalue weighted by atomic mass is 16.5. The van der Waals surface area contributed by atoms with Crippen LogP contribution in [0.4, 0.5) is 0 Å². The van der Waals surface area contributed by atoms with E-state index in [2.05, 4.69) is 29.6 Å². The van der Waals surface area contributed by atoms with E-state index in [1.165, 1.54) is 44.3 Å². The van der Waals surface area contributed by atoms with Crippen molar-refractivity contribution in [2.45, 2.75) is 25.7 Å². The Morgan fingerprint density at radius 3 is 2.50 bits per heavy atom. The Morgan fingerprint density at radius 1 is 1.19 bits per heavy atom. The first kappa shape index (κ1) is 11.5. The second kappa shape index (κ2) is 5.90. The Labute approximate surface area is 98.0 Å². The molecule has 88 valence electrons. The fourth-order valence-corrected chi connectivity index (χ4v) is 2.45. The van der Waals surface area contributed by atoms with Gasteiger partial charge < -0.3 is 10.1 Å². The molecule has 0 radical (unpaired) electrons. The van der Waals surface area contributed by atoms with Crippen LogP contribution >= 0.6 is 0 Å². The van der Waals surface area contributed by atoms with E-state index in [-0.39, 0.29) is 0 Å². The van der Waals surface area contributed by atoms with E-state index in [1.54, 1.807) is 7.11 Å². The molecular formula is C14H22NO+. The van der Waals surface area contributed by atoms with Gasteiger partial charge in [-0.05, 0) is 49.3 Å². The molecule has 0 aliphatic carbocycles. The fourth-order valence-electron chi connectivity index (χ4n) is 2.45. The van der Waals surface area contributed by atoms with Gasteiger partial charge in [-0.1, -0.05) is 12.1 Å². The van der Waals surface area contributed by atoms with E-state index in [9.17, 15) is 0 Å². The van der Waals surface area contributed by atoms with Gasteiger partial charge in [0.1, 0.15) is 5.75 Å². The molecule has 0 bridgehead atoms. The van der Waals surface area contributed by atoms with E-state index in [4.69, 9.17) is 4.74 Å². The zero-order valence-electron chi connectivity index (χ0n) is 10.1. The third kappa shape index (κ3) is 3.24. The third-order valence-electron chi connectivity index (χ3n) is 3.56. The first-order chi connectivity index (χ1) is 7.88. The van der Waals surface area contributed by atoms with Crippen molar-refractivity contribution in [1.29, 1.82) is 0 Å². The number of nitrogens with two attached hydrogens (primary N) is 1. The molecule has 1 aliphatic rings. The van der Waals surface area contributed by atoms with Gasteiger partial charge in [0.15, 0.2) is 0 Å². The molecule has 0 saturated carbocycles. The summed E-state index contributed by atoms with van der Waals surface area (Å²) < 4.78 is 5.16. The lowest BCUT2D eigenvalue weighted by atomic mass is 9.91. The van der Waals surface area contributed by atoms with Crippen LogP contribution in [-0.2, 0) is 6.42 Å². The minimum absolute atomic E-state index is 0.951. The molecule has 0 unspecified atom stereocenters. The van der Waals surface area contributed by atoms with Crippen LogP contribution in [0.25, 0.3) is 0 Å². The number of rotatable bonds is 4. The van der Waals surface area contributed by atoms with E-state index >= 15 is 0 Å². The highest BCUT2D eigenvalue weighted by Crippen LogP contribution is 2.18. The number of aryl methyl sites for hydroxylation is 1. The highest BCUT2D eigenvalue weighted by molar-refractivity contribution is 5.27. The van der Waals surface area contributed by atoms with Gasteiger partial charge >= 0.3 is 0 Å². The van der Waals surface area contributed by atoms with Crippen molar-refractivity contribution < 1.29 is 10.1 Å². The Kier molecular flexibility index (Phi) is 4.23. The maximum absolute atomic E-state index is 5.16. The smallest absolute Gasteiger partial charge is 0.118 e. The average molecular weight is 220 g/mol. The Morgan fingerprint density at radius 2 is 1.88 bits per heavy atom. The number of ether oxygens (including phenoxy) is 1. The molecule has 0 amide bonds. The third-order valence-corrected chi connectivity index (χ3v) is 3.56. The van der Waals surface area contributed by atoms with Crippen molar-refractivity contribution in [3.05, 3.63) is 29.8 Å². The second-order valence-electron chi connectivity index (χ2n) is 4.70. The number of quaternary nitrogens is 1. The Bertz CT molecular complexity index is 301. The summed E-state index contributed by atoms with van der Waals surface area (Å²) in [6.07, 6.45) is 5.36. The van der Waals surface area contributed by atoms with Crippen LogP contribution in [0.1, 0.15) is 24.8 Å². The lowest BCUT2D eigenvalue weighted by Crippen LogP contribution is -2.86. The molecular weight excluding hydrogens is 198 g/mol. The van der Waals surface area contributed by atoms with Crippen molar-refractivity contribution in [1.82, 2.24) is 0 Å². The molecule has 1 fully saturated rings. The zero-order valence-corrected chi connectivity index (χ0v) is 10.1. The fraction of sp³-hybridized carbons (Fsp3) is 0.571. The number of hydrogen-bond acceptors (Lipinski definition) is 1. The standard InChI is InChI=1S/C14H21NO/c1-16-14-6-4-12(5-7-14)2-3-13-8-10-15-11-9-13/h4-7,13,15H,2-3,8-11H2,1H3/p+1. The summed E-state index contributed by atoms with van der Waals surface area (Å²) in [7, 11) is 1.72. The number of hydrogen-bond donors (Lipinski definition) is 1. The van der Waals surface area contributed by atoms with Crippen molar-refractivity contribution in [2.24, 2.45) is 5.92 Å². The molecule has 2 N–H and O–H groups in total. The van der Waals surface area contributed by atoms with Gasteiger partial charge in [-0.3, -0.25) is 0 Å².